The summed E-state index contributed by atoms with van der Waals surface area (Å²) in [4.78, 5) is 32.6. The van der Waals surface area contributed by atoms with Crippen molar-refractivity contribution in [2.75, 3.05) is 19.8 Å². The summed E-state index contributed by atoms with van der Waals surface area (Å²) in [6.45, 7) is 1.17. The molecular weight excluding hydrogens is 227 g/mol. The van der Waals surface area contributed by atoms with Gasteiger partial charge in [0.25, 0.3) is 0 Å². The topological polar surface area (TPSA) is 105 Å². The smallest absolute Gasteiger partial charge is 0.307 e. The number of aliphatic hydroxyl groups excluding tert-OH is 1. The summed E-state index contributed by atoms with van der Waals surface area (Å²) in [5, 5.41) is 13.4. The van der Waals surface area contributed by atoms with Crippen LogP contribution in [-0.2, 0) is 14.3 Å². The summed E-state index contributed by atoms with van der Waals surface area (Å²) < 4.78 is 4.66. The van der Waals surface area contributed by atoms with Crippen molar-refractivity contribution in [1.29, 1.82) is 0 Å². The number of carbonyl (C=O) groups is 3. The second kappa shape index (κ2) is 8.57. The molecule has 17 heavy (non-hydrogen) atoms. The number of hydrogen-bond acceptors (Lipinski definition) is 5. The van der Waals surface area contributed by atoms with Gasteiger partial charge in [0, 0.05) is 0 Å². The fourth-order valence-electron chi connectivity index (χ4n) is 1.03. The SMILES string of the molecule is [B]C(=O)NCC(=O)N[C@H](CO)CC(=O)OCC. The lowest BCUT2D eigenvalue weighted by molar-refractivity contribution is -0.144. The average Bonchev–Trinajstić information content (AvgIpc) is 2.25. The maximum Gasteiger partial charge on any atom is 0.307 e. The Kier molecular flexibility index (Phi) is 7.78. The Labute approximate surface area is 100 Å². The van der Waals surface area contributed by atoms with E-state index in [2.05, 4.69) is 15.4 Å². The van der Waals surface area contributed by atoms with Crippen molar-refractivity contribution in [2.45, 2.75) is 19.4 Å². The molecule has 3 N–H and O–H groups in total. The van der Waals surface area contributed by atoms with Gasteiger partial charge in [0.2, 0.25) is 13.8 Å². The number of nitrogens with one attached hydrogen (secondary N) is 2. The monoisotopic (exact) mass is 242 g/mol. The average molecular weight is 242 g/mol. The first-order valence-electron chi connectivity index (χ1n) is 5.08. The summed E-state index contributed by atoms with van der Waals surface area (Å²) in [6, 6.07) is -0.740. The van der Waals surface area contributed by atoms with E-state index in [1.165, 1.54) is 0 Å². The Bertz CT molecular complexity index is 285. The number of hydrogen-bond donors (Lipinski definition) is 3. The van der Waals surface area contributed by atoms with E-state index in [4.69, 9.17) is 13.0 Å². The van der Waals surface area contributed by atoms with Gasteiger partial charge in [0.05, 0.1) is 32.2 Å². The third-order valence-corrected chi connectivity index (χ3v) is 1.73. The van der Waals surface area contributed by atoms with E-state index >= 15 is 0 Å². The van der Waals surface area contributed by atoms with Crippen LogP contribution in [0.1, 0.15) is 13.3 Å². The Balaban J connectivity index is 3.99. The molecule has 0 aromatic heterocycles. The molecule has 0 spiro atoms. The lowest BCUT2D eigenvalue weighted by atomic mass is 10.1. The van der Waals surface area contributed by atoms with Crippen LogP contribution >= 0.6 is 0 Å². The molecule has 0 aliphatic rings. The van der Waals surface area contributed by atoms with E-state index in [0.29, 0.717) is 0 Å². The Morgan fingerprint density at radius 1 is 1.41 bits per heavy atom. The second-order valence-corrected chi connectivity index (χ2v) is 3.17. The van der Waals surface area contributed by atoms with Gasteiger partial charge in [0.1, 0.15) is 0 Å². The molecule has 0 aromatic rings. The Morgan fingerprint density at radius 2 is 2.06 bits per heavy atom. The predicted octanol–water partition coefficient (Wildman–Crippen LogP) is -1.71. The zero-order valence-corrected chi connectivity index (χ0v) is 9.56. The van der Waals surface area contributed by atoms with Gasteiger partial charge >= 0.3 is 5.97 Å². The van der Waals surface area contributed by atoms with Crippen molar-refractivity contribution in [3.8, 4) is 0 Å². The molecule has 0 saturated heterocycles. The Morgan fingerprint density at radius 3 is 2.53 bits per heavy atom. The van der Waals surface area contributed by atoms with Gasteiger partial charge in [-0.1, -0.05) is 0 Å². The van der Waals surface area contributed by atoms with Crippen molar-refractivity contribution >= 4 is 25.5 Å². The maximum atomic E-state index is 11.2. The van der Waals surface area contributed by atoms with Crippen molar-refractivity contribution in [3.63, 3.8) is 0 Å². The number of esters is 1. The molecule has 0 rings (SSSR count). The number of rotatable bonds is 7. The number of ether oxygens (including phenoxy) is 1. The first-order valence-corrected chi connectivity index (χ1v) is 5.08. The molecule has 0 aliphatic heterocycles. The van der Waals surface area contributed by atoms with Gasteiger partial charge in [-0.05, 0) is 6.92 Å². The fourth-order valence-corrected chi connectivity index (χ4v) is 1.03. The van der Waals surface area contributed by atoms with Gasteiger partial charge in [0.15, 0.2) is 5.81 Å². The predicted molar refractivity (Wildman–Crippen MR) is 59.4 cm³/mol. The van der Waals surface area contributed by atoms with Crippen molar-refractivity contribution < 1.29 is 24.2 Å². The normalized spacial score (nSPS) is 11.4. The van der Waals surface area contributed by atoms with E-state index in [0.717, 1.165) is 0 Å². The molecule has 8 heteroatoms. The number of amides is 2. The fraction of sp³-hybridized carbons (Fsp3) is 0.667. The number of carbonyl (C=O) groups excluding carboxylic acids is 3. The molecule has 0 heterocycles. The summed E-state index contributed by atoms with van der Waals surface area (Å²) >= 11 is 0. The van der Waals surface area contributed by atoms with Crippen LogP contribution < -0.4 is 10.6 Å². The molecule has 0 bridgehead atoms. The van der Waals surface area contributed by atoms with Gasteiger partial charge < -0.3 is 20.5 Å². The molecule has 1 atom stereocenters. The molecule has 0 aliphatic carbocycles. The highest BCUT2D eigenvalue weighted by Crippen LogP contribution is 1.94. The lowest BCUT2D eigenvalue weighted by Gasteiger charge is -2.15. The standard InChI is InChI=1S/C9H15BN2O5/c1-2-17-8(15)3-6(5-13)12-7(14)4-11-9(10)16/h6,13H,2-5H2,1H3,(H,11,16)(H,12,14)/t6-/m0/s1. The van der Waals surface area contributed by atoms with Crippen LogP contribution in [-0.4, -0.2) is 56.4 Å². The quantitative estimate of drug-likeness (QED) is 0.364. The lowest BCUT2D eigenvalue weighted by Crippen LogP contribution is -2.44. The zero-order valence-electron chi connectivity index (χ0n) is 9.56. The molecular formula is C9H15BN2O5. The molecule has 94 valence electrons. The second-order valence-electron chi connectivity index (χ2n) is 3.17. The zero-order chi connectivity index (χ0) is 13.3. The third-order valence-electron chi connectivity index (χ3n) is 1.73. The first kappa shape index (κ1) is 15.4. The molecule has 0 aromatic carbocycles. The molecule has 7 nitrogen and oxygen atoms in total. The molecule has 0 fully saturated rings. The van der Waals surface area contributed by atoms with Crippen LogP contribution in [0.3, 0.4) is 0 Å². The summed E-state index contributed by atoms with van der Waals surface area (Å²) in [7, 11) is 4.77. The van der Waals surface area contributed by atoms with Crippen molar-refractivity contribution in [2.24, 2.45) is 0 Å². The van der Waals surface area contributed by atoms with Crippen molar-refractivity contribution in [1.82, 2.24) is 10.6 Å². The maximum absolute atomic E-state index is 11.2. The van der Waals surface area contributed by atoms with Crippen LogP contribution in [0.25, 0.3) is 0 Å². The van der Waals surface area contributed by atoms with Gasteiger partial charge in [-0.2, -0.15) is 0 Å². The summed E-state index contributed by atoms with van der Waals surface area (Å²) in [6.07, 6.45) is -0.132. The van der Waals surface area contributed by atoms with Gasteiger partial charge in [-0.25, -0.2) is 0 Å². The largest absolute Gasteiger partial charge is 0.466 e. The summed E-state index contributed by atoms with van der Waals surface area (Å²) in [5.74, 6) is -1.90. The van der Waals surface area contributed by atoms with Crippen LogP contribution in [0.2, 0.25) is 0 Å². The minimum absolute atomic E-state index is 0.132. The van der Waals surface area contributed by atoms with Crippen LogP contribution in [0.15, 0.2) is 0 Å². The minimum atomic E-state index is -0.828. The molecule has 0 unspecified atom stereocenters. The minimum Gasteiger partial charge on any atom is -0.466 e. The molecule has 2 amide bonds. The highest BCUT2D eigenvalue weighted by molar-refractivity contribution is 6.57. The highest BCUT2D eigenvalue weighted by Gasteiger charge is 2.16. The van der Waals surface area contributed by atoms with Gasteiger partial charge in [-0.15, -0.1) is 0 Å². The third kappa shape index (κ3) is 8.26. The van der Waals surface area contributed by atoms with E-state index < -0.39 is 30.3 Å². The van der Waals surface area contributed by atoms with Crippen LogP contribution in [0, 0.1) is 0 Å². The van der Waals surface area contributed by atoms with E-state index in [9.17, 15) is 14.4 Å². The van der Waals surface area contributed by atoms with Crippen LogP contribution in [0.5, 0.6) is 0 Å². The van der Waals surface area contributed by atoms with E-state index in [1.54, 1.807) is 6.92 Å². The highest BCUT2D eigenvalue weighted by atomic mass is 16.5. The van der Waals surface area contributed by atoms with Crippen LogP contribution in [0.4, 0.5) is 4.79 Å². The Hall–Kier alpha value is -1.57. The van der Waals surface area contributed by atoms with E-state index in [-0.39, 0.29) is 19.6 Å². The first-order chi connectivity index (χ1) is 7.99. The van der Waals surface area contributed by atoms with Crippen molar-refractivity contribution in [3.05, 3.63) is 0 Å². The summed E-state index contributed by atoms with van der Waals surface area (Å²) in [5.41, 5.74) is 0. The van der Waals surface area contributed by atoms with Gasteiger partial charge in [-0.3, -0.25) is 14.4 Å². The molecule has 0 saturated carbocycles. The van der Waals surface area contributed by atoms with E-state index in [1.807, 2.05) is 0 Å². The molecule has 2 radical (unpaired) electrons. The number of aliphatic hydroxyl groups is 1.